The highest BCUT2D eigenvalue weighted by Gasteiger charge is 2.10. The molecule has 6 nitrogen and oxygen atoms in total. The third-order valence-corrected chi connectivity index (χ3v) is 3.45. The van der Waals surface area contributed by atoms with Gasteiger partial charge in [-0.05, 0) is 36.8 Å². The summed E-state index contributed by atoms with van der Waals surface area (Å²) in [6.07, 6.45) is 0. The highest BCUT2D eigenvalue weighted by molar-refractivity contribution is 6.06. The number of aryl methyl sites for hydroxylation is 1. The topological polar surface area (TPSA) is 94.8 Å². The molecule has 3 N–H and O–H groups in total. The molecule has 0 fully saturated rings. The van der Waals surface area contributed by atoms with Gasteiger partial charge < -0.3 is 5.32 Å². The molecule has 0 aliphatic carbocycles. The van der Waals surface area contributed by atoms with Crippen molar-refractivity contribution in [2.24, 2.45) is 0 Å². The summed E-state index contributed by atoms with van der Waals surface area (Å²) in [6.45, 7) is 1.85. The lowest BCUT2D eigenvalue weighted by molar-refractivity contribution is 0.102. The molecule has 0 saturated heterocycles. The molecule has 2 aromatic carbocycles. The van der Waals surface area contributed by atoms with Crippen molar-refractivity contribution in [3.8, 4) is 0 Å². The molecule has 1 aromatic heterocycles. The van der Waals surface area contributed by atoms with Gasteiger partial charge in [0, 0.05) is 11.3 Å². The molecule has 0 aliphatic heterocycles. The first-order chi connectivity index (χ1) is 10.6. The second-order valence-corrected chi connectivity index (χ2v) is 4.94. The summed E-state index contributed by atoms with van der Waals surface area (Å²) < 4.78 is 0. The average molecular weight is 295 g/mol. The van der Waals surface area contributed by atoms with Gasteiger partial charge in [0.15, 0.2) is 0 Å². The van der Waals surface area contributed by atoms with Crippen molar-refractivity contribution >= 4 is 22.4 Å². The van der Waals surface area contributed by atoms with Gasteiger partial charge in [0.25, 0.3) is 17.0 Å². The number of hydrogen-bond acceptors (Lipinski definition) is 3. The lowest BCUT2D eigenvalue weighted by Crippen LogP contribution is -2.19. The van der Waals surface area contributed by atoms with Gasteiger partial charge in [-0.15, -0.1) is 0 Å². The van der Waals surface area contributed by atoms with E-state index < -0.39 is 5.56 Å². The number of carbonyl (C=O) groups excluding carboxylic acids is 1. The fraction of sp³-hybridized carbons (Fsp3) is 0.0625. The highest BCUT2D eigenvalue weighted by Crippen LogP contribution is 2.15. The molecule has 22 heavy (non-hydrogen) atoms. The normalized spacial score (nSPS) is 10.6. The molecule has 0 saturated carbocycles. The van der Waals surface area contributed by atoms with E-state index in [1.54, 1.807) is 18.2 Å². The Morgan fingerprint density at radius 2 is 1.64 bits per heavy atom. The largest absolute Gasteiger partial charge is 0.322 e. The Morgan fingerprint density at radius 1 is 0.955 bits per heavy atom. The zero-order chi connectivity index (χ0) is 15.7. The molecule has 3 aromatic rings. The van der Waals surface area contributed by atoms with Crippen LogP contribution in [0.1, 0.15) is 15.9 Å². The zero-order valence-corrected chi connectivity index (χ0v) is 11.8. The first-order valence-electron chi connectivity index (χ1n) is 6.68. The molecule has 0 atom stereocenters. The number of carbonyl (C=O) groups is 1. The zero-order valence-electron chi connectivity index (χ0n) is 11.8. The number of aromatic amines is 2. The van der Waals surface area contributed by atoms with Crippen molar-refractivity contribution in [1.82, 2.24) is 10.2 Å². The molecule has 0 aliphatic rings. The van der Waals surface area contributed by atoms with Crippen LogP contribution in [-0.2, 0) is 0 Å². The van der Waals surface area contributed by atoms with Crippen LogP contribution in [0.5, 0.6) is 0 Å². The van der Waals surface area contributed by atoms with Crippen LogP contribution in [-0.4, -0.2) is 16.1 Å². The fourth-order valence-corrected chi connectivity index (χ4v) is 2.28. The Bertz CT molecular complexity index is 986. The average Bonchev–Trinajstić information content (AvgIpc) is 2.51. The summed E-state index contributed by atoms with van der Waals surface area (Å²) in [5.74, 6) is -0.265. The van der Waals surface area contributed by atoms with Crippen molar-refractivity contribution in [3.63, 3.8) is 0 Å². The van der Waals surface area contributed by atoms with Gasteiger partial charge in [0.1, 0.15) is 0 Å². The van der Waals surface area contributed by atoms with Gasteiger partial charge in [-0.2, -0.15) is 0 Å². The number of aromatic nitrogens is 2. The number of anilines is 1. The van der Waals surface area contributed by atoms with Gasteiger partial charge in [-0.3, -0.25) is 24.6 Å². The first kappa shape index (κ1) is 13.8. The molecule has 0 radical (unpaired) electrons. The minimum atomic E-state index is -0.415. The Kier molecular flexibility index (Phi) is 3.34. The van der Waals surface area contributed by atoms with Crippen molar-refractivity contribution in [1.29, 1.82) is 0 Å². The molecule has 110 valence electrons. The minimum absolute atomic E-state index is 0.228. The van der Waals surface area contributed by atoms with Crippen LogP contribution in [0.3, 0.4) is 0 Å². The van der Waals surface area contributed by atoms with E-state index in [4.69, 9.17) is 0 Å². The number of rotatable bonds is 2. The monoisotopic (exact) mass is 295 g/mol. The Labute approximate surface area is 124 Å². The van der Waals surface area contributed by atoms with Crippen LogP contribution < -0.4 is 16.4 Å². The Hall–Kier alpha value is -3.15. The molecule has 0 spiro atoms. The number of benzene rings is 2. The second-order valence-electron chi connectivity index (χ2n) is 4.94. The van der Waals surface area contributed by atoms with Crippen LogP contribution in [0, 0.1) is 6.92 Å². The van der Waals surface area contributed by atoms with Crippen molar-refractivity contribution in [2.45, 2.75) is 6.92 Å². The summed E-state index contributed by atoms with van der Waals surface area (Å²) >= 11 is 0. The van der Waals surface area contributed by atoms with Crippen LogP contribution in [0.15, 0.2) is 52.1 Å². The molecule has 3 rings (SSSR count). The SMILES string of the molecule is Cc1ccccc1C(=O)Nc1ccc2c(=O)[nH][nH]c(=O)c2c1. The van der Waals surface area contributed by atoms with E-state index in [0.717, 1.165) is 5.56 Å². The van der Waals surface area contributed by atoms with Crippen molar-refractivity contribution < 1.29 is 4.79 Å². The van der Waals surface area contributed by atoms with E-state index in [-0.39, 0.29) is 22.2 Å². The molecule has 6 heteroatoms. The quantitative estimate of drug-likeness (QED) is 0.672. The van der Waals surface area contributed by atoms with Gasteiger partial charge in [0.2, 0.25) is 0 Å². The van der Waals surface area contributed by atoms with Gasteiger partial charge in [-0.25, -0.2) is 0 Å². The lowest BCUT2D eigenvalue weighted by Gasteiger charge is -2.08. The third kappa shape index (κ3) is 2.42. The molecular formula is C16H13N3O3. The maximum Gasteiger partial charge on any atom is 0.270 e. The second kappa shape index (κ2) is 5.33. The molecule has 0 bridgehead atoms. The van der Waals surface area contributed by atoms with Crippen molar-refractivity contribution in [2.75, 3.05) is 5.32 Å². The van der Waals surface area contributed by atoms with Crippen LogP contribution in [0.25, 0.3) is 10.8 Å². The van der Waals surface area contributed by atoms with Gasteiger partial charge >= 0.3 is 0 Å². The molecule has 0 unspecified atom stereocenters. The van der Waals surface area contributed by atoms with E-state index in [1.807, 2.05) is 19.1 Å². The van der Waals surface area contributed by atoms with Gasteiger partial charge in [0.05, 0.1) is 10.8 Å². The van der Waals surface area contributed by atoms with Crippen LogP contribution >= 0.6 is 0 Å². The summed E-state index contributed by atoms with van der Waals surface area (Å²) in [6, 6.07) is 11.8. The number of nitrogens with one attached hydrogen (secondary N) is 3. The minimum Gasteiger partial charge on any atom is -0.322 e. The highest BCUT2D eigenvalue weighted by atomic mass is 16.2. The fourth-order valence-electron chi connectivity index (χ4n) is 2.28. The summed E-state index contributed by atoms with van der Waals surface area (Å²) in [5.41, 5.74) is 1.07. The van der Waals surface area contributed by atoms with Gasteiger partial charge in [-0.1, -0.05) is 18.2 Å². The van der Waals surface area contributed by atoms with E-state index in [0.29, 0.717) is 11.3 Å². The molecular weight excluding hydrogens is 282 g/mol. The van der Waals surface area contributed by atoms with E-state index in [1.165, 1.54) is 12.1 Å². The standard InChI is InChI=1S/C16H13N3O3/c1-9-4-2-3-5-11(9)14(20)17-10-6-7-12-13(8-10)16(22)19-18-15(12)21/h2-8H,1H3,(H,17,20)(H,18,21)(H,19,22). The molecule has 1 heterocycles. The van der Waals surface area contributed by atoms with Crippen LogP contribution in [0.2, 0.25) is 0 Å². The first-order valence-corrected chi connectivity index (χ1v) is 6.68. The lowest BCUT2D eigenvalue weighted by atomic mass is 10.1. The maximum atomic E-state index is 12.3. The Balaban J connectivity index is 2.00. The molecule has 1 amide bonds. The number of hydrogen-bond donors (Lipinski definition) is 3. The number of amides is 1. The smallest absolute Gasteiger partial charge is 0.270 e. The summed E-state index contributed by atoms with van der Waals surface area (Å²) in [5, 5.41) is 7.75. The van der Waals surface area contributed by atoms with Crippen LogP contribution in [0.4, 0.5) is 5.69 Å². The number of fused-ring (bicyclic) bond motifs is 1. The summed E-state index contributed by atoms with van der Waals surface area (Å²) in [7, 11) is 0. The third-order valence-electron chi connectivity index (χ3n) is 3.45. The van der Waals surface area contributed by atoms with E-state index in [9.17, 15) is 14.4 Å². The maximum absolute atomic E-state index is 12.3. The summed E-state index contributed by atoms with van der Waals surface area (Å²) in [4.78, 5) is 35.6. The Morgan fingerprint density at radius 3 is 2.36 bits per heavy atom. The predicted octanol–water partition coefficient (Wildman–Crippen LogP) is 1.78. The van der Waals surface area contributed by atoms with E-state index in [2.05, 4.69) is 15.5 Å². The predicted molar refractivity (Wildman–Crippen MR) is 84.3 cm³/mol. The number of H-pyrrole nitrogens is 2. The van der Waals surface area contributed by atoms with E-state index >= 15 is 0 Å². The van der Waals surface area contributed by atoms with Crippen molar-refractivity contribution in [3.05, 3.63) is 74.3 Å².